The summed E-state index contributed by atoms with van der Waals surface area (Å²) in [6.45, 7) is 0.511. The minimum Gasteiger partial charge on any atom is -0.493 e. The molecule has 0 amide bonds. The third kappa shape index (κ3) is 3.23. The van der Waals surface area contributed by atoms with Crippen LogP contribution >= 0.6 is 0 Å². The molecule has 0 radical (unpaired) electrons. The van der Waals surface area contributed by atoms with Gasteiger partial charge >= 0.3 is 0 Å². The first-order valence-electron chi connectivity index (χ1n) is 7.65. The van der Waals surface area contributed by atoms with Crippen LogP contribution in [-0.4, -0.2) is 27.9 Å². The van der Waals surface area contributed by atoms with Crippen molar-refractivity contribution in [3.63, 3.8) is 0 Å². The minimum absolute atomic E-state index is 0.511. The third-order valence-electron chi connectivity index (χ3n) is 3.85. The molecule has 24 heavy (non-hydrogen) atoms. The number of fused-ring (bicyclic) bond motifs is 1. The van der Waals surface area contributed by atoms with Crippen molar-refractivity contribution in [2.45, 2.75) is 0 Å². The highest BCUT2D eigenvalue weighted by Gasteiger charge is 2.14. The molecule has 0 spiro atoms. The number of methoxy groups -OCH3 is 3. The van der Waals surface area contributed by atoms with Crippen molar-refractivity contribution in [1.82, 2.24) is 0 Å². The maximum atomic E-state index is 5.84. The predicted octanol–water partition coefficient (Wildman–Crippen LogP) is 4.20. The van der Waals surface area contributed by atoms with Crippen LogP contribution in [0.15, 0.2) is 48.0 Å². The Morgan fingerprint density at radius 1 is 0.875 bits per heavy atom. The van der Waals surface area contributed by atoms with E-state index in [0.717, 1.165) is 33.9 Å². The van der Waals surface area contributed by atoms with Crippen molar-refractivity contribution in [2.24, 2.45) is 0 Å². The van der Waals surface area contributed by atoms with Crippen LogP contribution in [0, 0.1) is 0 Å². The molecule has 1 aliphatic heterocycles. The van der Waals surface area contributed by atoms with Crippen molar-refractivity contribution < 1.29 is 18.9 Å². The van der Waals surface area contributed by atoms with Crippen LogP contribution < -0.4 is 18.9 Å². The molecule has 0 aromatic heterocycles. The molecule has 1 aliphatic rings. The number of hydrogen-bond donors (Lipinski definition) is 0. The van der Waals surface area contributed by atoms with E-state index in [1.165, 1.54) is 0 Å². The monoisotopic (exact) mass is 324 g/mol. The van der Waals surface area contributed by atoms with E-state index < -0.39 is 0 Å². The summed E-state index contributed by atoms with van der Waals surface area (Å²) in [5, 5.41) is 0. The molecule has 4 heteroatoms. The summed E-state index contributed by atoms with van der Waals surface area (Å²) in [7, 11) is 4.91. The molecule has 0 atom stereocenters. The fourth-order valence-electron chi connectivity index (χ4n) is 2.61. The van der Waals surface area contributed by atoms with Gasteiger partial charge in [0.25, 0.3) is 0 Å². The zero-order chi connectivity index (χ0) is 16.9. The molecule has 2 aromatic carbocycles. The van der Waals surface area contributed by atoms with Gasteiger partial charge in [-0.15, -0.1) is 0 Å². The van der Waals surface area contributed by atoms with Gasteiger partial charge in [-0.25, -0.2) is 0 Å². The molecule has 0 bridgehead atoms. The average molecular weight is 324 g/mol. The second kappa shape index (κ2) is 7.13. The highest BCUT2D eigenvalue weighted by atomic mass is 16.5. The topological polar surface area (TPSA) is 36.9 Å². The van der Waals surface area contributed by atoms with Gasteiger partial charge in [0.1, 0.15) is 6.61 Å². The zero-order valence-electron chi connectivity index (χ0n) is 14.0. The second-order valence-electron chi connectivity index (χ2n) is 5.33. The summed E-state index contributed by atoms with van der Waals surface area (Å²) in [5.74, 6) is 2.98. The van der Waals surface area contributed by atoms with Gasteiger partial charge in [-0.3, -0.25) is 0 Å². The molecule has 0 N–H and O–H groups in total. The second-order valence-corrected chi connectivity index (χ2v) is 5.33. The summed E-state index contributed by atoms with van der Waals surface area (Å²) < 4.78 is 21.7. The maximum Gasteiger partial charge on any atom is 0.168 e. The minimum atomic E-state index is 0.511. The van der Waals surface area contributed by atoms with Gasteiger partial charge in [-0.1, -0.05) is 30.4 Å². The fourth-order valence-corrected chi connectivity index (χ4v) is 2.61. The van der Waals surface area contributed by atoms with Gasteiger partial charge in [0.2, 0.25) is 0 Å². The van der Waals surface area contributed by atoms with Gasteiger partial charge in [-0.2, -0.15) is 0 Å². The lowest BCUT2D eigenvalue weighted by Gasteiger charge is -2.18. The van der Waals surface area contributed by atoms with Gasteiger partial charge in [0, 0.05) is 5.56 Å². The van der Waals surface area contributed by atoms with Crippen LogP contribution in [0.3, 0.4) is 0 Å². The van der Waals surface area contributed by atoms with Crippen molar-refractivity contribution in [1.29, 1.82) is 0 Å². The Bertz CT molecular complexity index is 790. The predicted molar refractivity (Wildman–Crippen MR) is 95.0 cm³/mol. The first-order chi connectivity index (χ1) is 11.7. The molecule has 1 heterocycles. The summed E-state index contributed by atoms with van der Waals surface area (Å²) in [6.07, 6.45) is 6.19. The Kier molecular flexibility index (Phi) is 4.75. The van der Waals surface area contributed by atoms with E-state index in [4.69, 9.17) is 18.9 Å². The summed E-state index contributed by atoms with van der Waals surface area (Å²) in [6, 6.07) is 11.7. The van der Waals surface area contributed by atoms with E-state index in [1.807, 2.05) is 48.6 Å². The largest absolute Gasteiger partial charge is 0.493 e. The van der Waals surface area contributed by atoms with Crippen LogP contribution in [0.25, 0.3) is 12.2 Å². The molecule has 0 saturated heterocycles. The highest BCUT2D eigenvalue weighted by Crippen LogP contribution is 2.36. The summed E-state index contributed by atoms with van der Waals surface area (Å²) >= 11 is 0. The molecule has 0 aliphatic carbocycles. The van der Waals surface area contributed by atoms with Crippen LogP contribution in [0.2, 0.25) is 0 Å². The Labute approximate surface area is 141 Å². The molecular weight excluding hydrogens is 304 g/mol. The van der Waals surface area contributed by atoms with E-state index >= 15 is 0 Å². The third-order valence-corrected chi connectivity index (χ3v) is 3.85. The quantitative estimate of drug-likeness (QED) is 0.826. The molecular formula is C20H20O4. The van der Waals surface area contributed by atoms with E-state index in [2.05, 4.69) is 6.08 Å². The fraction of sp³-hybridized carbons (Fsp3) is 0.200. The first-order valence-corrected chi connectivity index (χ1v) is 7.65. The Balaban J connectivity index is 1.83. The molecule has 3 rings (SSSR count). The zero-order valence-corrected chi connectivity index (χ0v) is 14.0. The summed E-state index contributed by atoms with van der Waals surface area (Å²) in [4.78, 5) is 0. The maximum absolute atomic E-state index is 5.84. The standard InChI is InChI=1S/C20H20O4/c1-21-17-10-9-14(12-19(17)23-3)7-8-15-11-16-5-4-6-18(22-2)20(16)24-13-15/h4-12H,13H2,1-3H3/b8-7-. The number of hydrogen-bond acceptors (Lipinski definition) is 4. The Morgan fingerprint density at radius 3 is 2.42 bits per heavy atom. The van der Waals surface area contributed by atoms with Gasteiger partial charge in [0.15, 0.2) is 23.0 Å². The first kappa shape index (κ1) is 16.0. The van der Waals surface area contributed by atoms with Crippen LogP contribution in [-0.2, 0) is 0 Å². The summed E-state index contributed by atoms with van der Waals surface area (Å²) in [5.41, 5.74) is 3.14. The molecule has 124 valence electrons. The molecule has 0 fully saturated rings. The van der Waals surface area contributed by atoms with Gasteiger partial charge < -0.3 is 18.9 Å². The number of para-hydroxylation sites is 1. The van der Waals surface area contributed by atoms with E-state index in [-0.39, 0.29) is 0 Å². The van der Waals surface area contributed by atoms with Crippen molar-refractivity contribution in [3.05, 3.63) is 59.2 Å². The van der Waals surface area contributed by atoms with Crippen LogP contribution in [0.4, 0.5) is 0 Å². The SMILES string of the molecule is COc1ccc(/C=C\C2=Cc3cccc(OC)c3OC2)cc1OC. The van der Waals surface area contributed by atoms with Gasteiger partial charge in [0.05, 0.1) is 21.3 Å². The lowest BCUT2D eigenvalue weighted by molar-refractivity contribution is 0.318. The molecule has 0 saturated carbocycles. The highest BCUT2D eigenvalue weighted by molar-refractivity contribution is 5.70. The lowest BCUT2D eigenvalue weighted by atomic mass is 10.1. The number of ether oxygens (including phenoxy) is 4. The van der Waals surface area contributed by atoms with E-state index in [1.54, 1.807) is 21.3 Å². The number of rotatable bonds is 5. The molecule has 0 unspecified atom stereocenters. The average Bonchev–Trinajstić information content (AvgIpc) is 2.65. The smallest absolute Gasteiger partial charge is 0.168 e. The van der Waals surface area contributed by atoms with Crippen molar-refractivity contribution in [2.75, 3.05) is 27.9 Å². The lowest BCUT2D eigenvalue weighted by Crippen LogP contribution is -2.07. The van der Waals surface area contributed by atoms with Crippen LogP contribution in [0.5, 0.6) is 23.0 Å². The van der Waals surface area contributed by atoms with E-state index in [0.29, 0.717) is 12.4 Å². The molecule has 2 aromatic rings. The van der Waals surface area contributed by atoms with E-state index in [9.17, 15) is 0 Å². The number of benzene rings is 2. The van der Waals surface area contributed by atoms with Crippen molar-refractivity contribution >= 4 is 12.2 Å². The Morgan fingerprint density at radius 2 is 1.67 bits per heavy atom. The van der Waals surface area contributed by atoms with Crippen molar-refractivity contribution in [3.8, 4) is 23.0 Å². The van der Waals surface area contributed by atoms with Crippen LogP contribution in [0.1, 0.15) is 11.1 Å². The normalized spacial score (nSPS) is 13.0. The Hall–Kier alpha value is -2.88. The van der Waals surface area contributed by atoms with Gasteiger partial charge in [-0.05, 0) is 35.4 Å². The molecule has 4 nitrogen and oxygen atoms in total.